The molecule has 1 amide bonds. The maximum absolute atomic E-state index is 13.9. The van der Waals surface area contributed by atoms with Crippen molar-refractivity contribution < 1.29 is 13.9 Å². The second-order valence-corrected chi connectivity index (χ2v) is 5.73. The Morgan fingerprint density at radius 2 is 2.00 bits per heavy atom. The minimum absolute atomic E-state index is 0.0417. The molecule has 0 bridgehead atoms. The van der Waals surface area contributed by atoms with Crippen LogP contribution in [0.15, 0.2) is 46.9 Å². The van der Waals surface area contributed by atoms with Crippen LogP contribution in [0.5, 0.6) is 5.75 Å². The molecule has 1 atom stereocenters. The summed E-state index contributed by atoms with van der Waals surface area (Å²) in [6.07, 6.45) is 0.402. The van der Waals surface area contributed by atoms with E-state index >= 15 is 0 Å². The monoisotopic (exact) mass is 349 g/mol. The van der Waals surface area contributed by atoms with Gasteiger partial charge in [-0.3, -0.25) is 4.79 Å². The third-order valence-corrected chi connectivity index (χ3v) is 3.99. The fourth-order valence-corrected chi connectivity index (χ4v) is 2.78. The average molecular weight is 350 g/mol. The third-order valence-electron chi connectivity index (χ3n) is 3.37. The van der Waals surface area contributed by atoms with Gasteiger partial charge in [0.1, 0.15) is 23.2 Å². The van der Waals surface area contributed by atoms with Crippen LogP contribution >= 0.6 is 15.9 Å². The van der Waals surface area contributed by atoms with Gasteiger partial charge < -0.3 is 10.1 Å². The standard InChI is InChI=1S/C16H13BrFNO2/c17-12-6-7-13(18)14-15(12)21-11(9-19-16(14)20)8-10-4-2-1-3-5-10/h1-7,11H,8-9H2,(H,19,20). The molecule has 1 N–H and O–H groups in total. The molecule has 108 valence electrons. The lowest BCUT2D eigenvalue weighted by Crippen LogP contribution is -2.33. The quantitative estimate of drug-likeness (QED) is 0.903. The first-order valence-electron chi connectivity index (χ1n) is 6.62. The number of carbonyl (C=O) groups is 1. The number of halogens is 2. The van der Waals surface area contributed by atoms with Gasteiger partial charge in [0.15, 0.2) is 0 Å². The number of amides is 1. The molecule has 0 fully saturated rings. The predicted molar refractivity (Wildman–Crippen MR) is 81.0 cm³/mol. The van der Waals surface area contributed by atoms with Gasteiger partial charge >= 0.3 is 0 Å². The minimum atomic E-state index is -0.578. The van der Waals surface area contributed by atoms with Crippen LogP contribution in [0.3, 0.4) is 0 Å². The molecule has 0 saturated heterocycles. The summed E-state index contributed by atoms with van der Waals surface area (Å²) in [7, 11) is 0. The number of rotatable bonds is 2. The topological polar surface area (TPSA) is 38.3 Å². The second kappa shape index (κ2) is 5.85. The van der Waals surface area contributed by atoms with Gasteiger partial charge in [-0.25, -0.2) is 4.39 Å². The number of fused-ring (bicyclic) bond motifs is 1. The summed E-state index contributed by atoms with van der Waals surface area (Å²) in [5, 5.41) is 2.71. The highest BCUT2D eigenvalue weighted by atomic mass is 79.9. The Morgan fingerprint density at radius 1 is 1.24 bits per heavy atom. The number of hydrogen-bond donors (Lipinski definition) is 1. The molecule has 1 aliphatic heterocycles. The molecule has 5 heteroatoms. The van der Waals surface area contributed by atoms with E-state index in [1.165, 1.54) is 6.07 Å². The Labute approximate surface area is 130 Å². The van der Waals surface area contributed by atoms with Crippen LogP contribution in [0.25, 0.3) is 0 Å². The molecule has 3 nitrogen and oxygen atoms in total. The van der Waals surface area contributed by atoms with Gasteiger partial charge in [0.2, 0.25) is 0 Å². The van der Waals surface area contributed by atoms with Crippen LogP contribution < -0.4 is 10.1 Å². The van der Waals surface area contributed by atoms with E-state index in [1.54, 1.807) is 6.07 Å². The maximum atomic E-state index is 13.9. The maximum Gasteiger partial charge on any atom is 0.258 e. The van der Waals surface area contributed by atoms with Crippen LogP contribution in [0, 0.1) is 5.82 Å². The lowest BCUT2D eigenvalue weighted by Gasteiger charge is -2.17. The van der Waals surface area contributed by atoms with Crippen molar-refractivity contribution in [2.24, 2.45) is 0 Å². The van der Waals surface area contributed by atoms with E-state index in [0.29, 0.717) is 17.4 Å². The van der Waals surface area contributed by atoms with E-state index in [4.69, 9.17) is 4.74 Å². The van der Waals surface area contributed by atoms with E-state index in [-0.39, 0.29) is 17.4 Å². The van der Waals surface area contributed by atoms with Crippen molar-refractivity contribution in [3.63, 3.8) is 0 Å². The van der Waals surface area contributed by atoms with Gasteiger partial charge in [0.05, 0.1) is 11.0 Å². The zero-order chi connectivity index (χ0) is 14.8. The van der Waals surface area contributed by atoms with E-state index in [9.17, 15) is 9.18 Å². The fourth-order valence-electron chi connectivity index (χ4n) is 2.35. The average Bonchev–Trinajstić information content (AvgIpc) is 2.65. The molecule has 21 heavy (non-hydrogen) atoms. The molecule has 3 rings (SSSR count). The number of hydrogen-bond acceptors (Lipinski definition) is 2. The predicted octanol–water partition coefficient (Wildman–Crippen LogP) is 3.32. The number of carbonyl (C=O) groups excluding carboxylic acids is 1. The van der Waals surface area contributed by atoms with Gasteiger partial charge in [0, 0.05) is 6.42 Å². The molecule has 0 aliphatic carbocycles. The summed E-state index contributed by atoms with van der Waals surface area (Å²) < 4.78 is 20.3. The summed E-state index contributed by atoms with van der Waals surface area (Å²) in [4.78, 5) is 12.0. The van der Waals surface area contributed by atoms with Crippen molar-refractivity contribution in [1.82, 2.24) is 5.32 Å². The number of nitrogens with one attached hydrogen (secondary N) is 1. The lowest BCUT2D eigenvalue weighted by atomic mass is 10.1. The first-order valence-corrected chi connectivity index (χ1v) is 7.41. The van der Waals surface area contributed by atoms with Crippen molar-refractivity contribution in [2.75, 3.05) is 6.54 Å². The van der Waals surface area contributed by atoms with Gasteiger partial charge in [-0.2, -0.15) is 0 Å². The summed E-state index contributed by atoms with van der Waals surface area (Å²) in [5.41, 5.74) is 1.06. The van der Waals surface area contributed by atoms with Gasteiger partial charge in [-0.1, -0.05) is 30.3 Å². The molecule has 2 aromatic rings. The largest absolute Gasteiger partial charge is 0.486 e. The zero-order valence-corrected chi connectivity index (χ0v) is 12.7. The molecule has 0 radical (unpaired) electrons. The summed E-state index contributed by atoms with van der Waals surface area (Å²) in [5.74, 6) is -0.753. The van der Waals surface area contributed by atoms with Crippen molar-refractivity contribution in [3.8, 4) is 5.75 Å². The van der Waals surface area contributed by atoms with E-state index < -0.39 is 11.7 Å². The van der Waals surface area contributed by atoms with Crippen LogP contribution in [0.2, 0.25) is 0 Å². The Hall–Kier alpha value is -1.88. The van der Waals surface area contributed by atoms with Crippen LogP contribution in [-0.4, -0.2) is 18.6 Å². The zero-order valence-electron chi connectivity index (χ0n) is 11.1. The highest BCUT2D eigenvalue weighted by Crippen LogP contribution is 2.33. The van der Waals surface area contributed by atoms with Crippen molar-refractivity contribution >= 4 is 21.8 Å². The molecule has 0 saturated carbocycles. The molecule has 0 spiro atoms. The second-order valence-electron chi connectivity index (χ2n) is 4.87. The molecule has 0 aromatic heterocycles. The molecule has 1 unspecified atom stereocenters. The van der Waals surface area contributed by atoms with Crippen LogP contribution in [0.4, 0.5) is 4.39 Å². The van der Waals surface area contributed by atoms with Crippen LogP contribution in [0.1, 0.15) is 15.9 Å². The third kappa shape index (κ3) is 2.93. The SMILES string of the molecule is O=C1NCC(Cc2ccccc2)Oc2c(Br)ccc(F)c21. The first-order chi connectivity index (χ1) is 10.1. The van der Waals surface area contributed by atoms with Crippen molar-refractivity contribution in [3.05, 3.63) is 63.9 Å². The molecule has 1 aliphatic rings. The van der Waals surface area contributed by atoms with Crippen molar-refractivity contribution in [2.45, 2.75) is 12.5 Å². The first kappa shape index (κ1) is 14.1. The molecule has 2 aromatic carbocycles. The van der Waals surface area contributed by atoms with Gasteiger partial charge in [-0.15, -0.1) is 0 Å². The minimum Gasteiger partial charge on any atom is -0.486 e. The van der Waals surface area contributed by atoms with E-state index in [1.807, 2.05) is 30.3 Å². The summed E-state index contributed by atoms with van der Waals surface area (Å²) in [6.45, 7) is 0.342. The van der Waals surface area contributed by atoms with Crippen LogP contribution in [-0.2, 0) is 6.42 Å². The molecule has 1 heterocycles. The number of ether oxygens (including phenoxy) is 1. The molecular weight excluding hydrogens is 337 g/mol. The Bertz CT molecular complexity index is 675. The molecular formula is C16H13BrFNO2. The van der Waals surface area contributed by atoms with Crippen molar-refractivity contribution in [1.29, 1.82) is 0 Å². The summed E-state index contributed by atoms with van der Waals surface area (Å²) >= 11 is 3.32. The fraction of sp³-hybridized carbons (Fsp3) is 0.188. The normalized spacial score (nSPS) is 17.4. The lowest BCUT2D eigenvalue weighted by molar-refractivity contribution is 0.0947. The van der Waals surface area contributed by atoms with Gasteiger partial charge in [-0.05, 0) is 33.6 Å². The Kier molecular flexibility index (Phi) is 3.92. The van der Waals surface area contributed by atoms with Gasteiger partial charge in [0.25, 0.3) is 5.91 Å². The number of benzene rings is 2. The highest BCUT2D eigenvalue weighted by Gasteiger charge is 2.27. The smallest absolute Gasteiger partial charge is 0.258 e. The summed E-state index contributed by atoms with van der Waals surface area (Å²) in [6, 6.07) is 12.6. The van der Waals surface area contributed by atoms with E-state index in [0.717, 1.165) is 5.56 Å². The Balaban J connectivity index is 1.91. The highest BCUT2D eigenvalue weighted by molar-refractivity contribution is 9.10. The Morgan fingerprint density at radius 3 is 2.76 bits per heavy atom. The van der Waals surface area contributed by atoms with E-state index in [2.05, 4.69) is 21.2 Å².